The second kappa shape index (κ2) is 6.89. The zero-order valence-electron chi connectivity index (χ0n) is 11.8. The van der Waals surface area contributed by atoms with Crippen molar-refractivity contribution >= 4 is 29.1 Å². The van der Waals surface area contributed by atoms with Crippen LogP contribution in [-0.2, 0) is 9.53 Å². The van der Waals surface area contributed by atoms with Crippen LogP contribution in [0.5, 0.6) is 5.75 Å². The van der Waals surface area contributed by atoms with Crippen molar-refractivity contribution in [1.29, 1.82) is 0 Å². The monoisotopic (exact) mass is 331 g/mol. The van der Waals surface area contributed by atoms with Gasteiger partial charge in [0, 0.05) is 5.39 Å². The lowest BCUT2D eigenvalue weighted by molar-refractivity contribution is -0.174. The van der Waals surface area contributed by atoms with Gasteiger partial charge in [-0.1, -0.05) is 30.3 Å². The fourth-order valence-electron chi connectivity index (χ4n) is 2.13. The molecule has 0 spiro atoms. The summed E-state index contributed by atoms with van der Waals surface area (Å²) in [6, 6.07) is 7.16. The molecule has 0 bridgehead atoms. The van der Waals surface area contributed by atoms with Crippen molar-refractivity contribution in [3.8, 4) is 5.75 Å². The number of rotatable bonds is 4. The van der Waals surface area contributed by atoms with E-state index in [1.165, 1.54) is 19.1 Å². The first-order valence-corrected chi connectivity index (χ1v) is 6.40. The Labute approximate surface area is 132 Å². The Hall–Kier alpha value is -1.92. The Balaban J connectivity index is 0.00000242. The number of hydrogen-bond acceptors (Lipinski definition) is 4. The van der Waals surface area contributed by atoms with Crippen LogP contribution in [0.1, 0.15) is 18.5 Å². The summed E-state index contributed by atoms with van der Waals surface area (Å²) in [5.41, 5.74) is 5.66. The lowest BCUT2D eigenvalue weighted by atomic mass is 9.95. The van der Waals surface area contributed by atoms with Gasteiger partial charge in [0.2, 0.25) is 0 Å². The van der Waals surface area contributed by atoms with Crippen LogP contribution in [0.2, 0.25) is 0 Å². The zero-order chi connectivity index (χ0) is 15.6. The molecule has 0 aliphatic heterocycles. The summed E-state index contributed by atoms with van der Waals surface area (Å²) in [7, 11) is 0. The maximum Gasteiger partial charge on any atom is 0.379 e. The Morgan fingerprint density at radius 1 is 1.27 bits per heavy atom. The van der Waals surface area contributed by atoms with Gasteiger partial charge in [-0.15, -0.1) is 12.4 Å². The molecule has 7 heteroatoms. The molecular formula is C15H16ClF2NO3. The van der Waals surface area contributed by atoms with E-state index in [2.05, 4.69) is 4.74 Å². The predicted octanol–water partition coefficient (Wildman–Crippen LogP) is 3.17. The van der Waals surface area contributed by atoms with E-state index < -0.39 is 17.9 Å². The third-order valence-electron chi connectivity index (χ3n) is 3.21. The van der Waals surface area contributed by atoms with Crippen LogP contribution in [0.15, 0.2) is 36.4 Å². The lowest BCUT2D eigenvalue weighted by Crippen LogP contribution is -2.41. The van der Waals surface area contributed by atoms with E-state index in [-0.39, 0.29) is 30.3 Å². The minimum atomic E-state index is -3.85. The van der Waals surface area contributed by atoms with Crippen LogP contribution in [0, 0.1) is 0 Å². The van der Waals surface area contributed by atoms with Gasteiger partial charge in [-0.05, 0) is 23.9 Å². The molecule has 0 heterocycles. The highest BCUT2D eigenvalue weighted by Crippen LogP contribution is 2.36. The number of carbonyl (C=O) groups is 1. The molecule has 0 aliphatic rings. The predicted molar refractivity (Wildman–Crippen MR) is 81.4 cm³/mol. The number of carbonyl (C=O) groups excluding carboxylic acids is 1. The van der Waals surface area contributed by atoms with Gasteiger partial charge in [-0.25, -0.2) is 4.79 Å². The third-order valence-corrected chi connectivity index (χ3v) is 3.21. The molecule has 4 nitrogen and oxygen atoms in total. The number of esters is 1. The molecule has 2 aromatic rings. The summed E-state index contributed by atoms with van der Waals surface area (Å²) in [6.45, 7) is 1.28. The SMILES string of the molecule is CCOC(=O)C(F)(F)[C@H](N)c1ccc(O)c2ccccc12.Cl. The second-order valence-electron chi connectivity index (χ2n) is 4.54. The van der Waals surface area contributed by atoms with Crippen LogP contribution in [-0.4, -0.2) is 23.6 Å². The van der Waals surface area contributed by atoms with Gasteiger partial charge in [0.25, 0.3) is 0 Å². The number of alkyl halides is 2. The summed E-state index contributed by atoms with van der Waals surface area (Å²) in [5.74, 6) is -5.55. The van der Waals surface area contributed by atoms with Crippen LogP contribution < -0.4 is 5.73 Å². The fraction of sp³-hybridized carbons (Fsp3) is 0.267. The topological polar surface area (TPSA) is 72.5 Å². The Morgan fingerprint density at radius 3 is 2.45 bits per heavy atom. The van der Waals surface area contributed by atoms with Crippen LogP contribution >= 0.6 is 12.4 Å². The molecule has 0 unspecified atom stereocenters. The largest absolute Gasteiger partial charge is 0.507 e. The number of ether oxygens (including phenoxy) is 1. The minimum Gasteiger partial charge on any atom is -0.507 e. The molecule has 0 amide bonds. The molecule has 0 fully saturated rings. The van der Waals surface area contributed by atoms with Gasteiger partial charge in [0.1, 0.15) is 11.8 Å². The highest BCUT2D eigenvalue weighted by Gasteiger charge is 2.48. The molecule has 0 saturated heterocycles. The van der Waals surface area contributed by atoms with E-state index in [9.17, 15) is 18.7 Å². The number of nitrogens with two attached hydrogens (primary N) is 1. The standard InChI is InChI=1S/C15H15F2NO3.ClH/c1-2-21-14(20)15(16,17)13(18)11-7-8-12(19)10-6-4-3-5-9(10)11;/h3-8,13,19H,2,18H2,1H3;1H/t13-;/m1./s1. The molecule has 22 heavy (non-hydrogen) atoms. The van der Waals surface area contributed by atoms with Gasteiger partial charge in [-0.2, -0.15) is 8.78 Å². The van der Waals surface area contributed by atoms with Gasteiger partial charge in [-0.3, -0.25) is 0 Å². The molecule has 1 atom stereocenters. The van der Waals surface area contributed by atoms with Crippen molar-refractivity contribution in [1.82, 2.24) is 0 Å². The van der Waals surface area contributed by atoms with Gasteiger partial charge < -0.3 is 15.6 Å². The van der Waals surface area contributed by atoms with Crippen LogP contribution in [0.3, 0.4) is 0 Å². The van der Waals surface area contributed by atoms with Gasteiger partial charge >= 0.3 is 11.9 Å². The number of hydrogen-bond donors (Lipinski definition) is 2. The van der Waals surface area contributed by atoms with Crippen molar-refractivity contribution in [3.63, 3.8) is 0 Å². The van der Waals surface area contributed by atoms with E-state index >= 15 is 0 Å². The number of benzene rings is 2. The Morgan fingerprint density at radius 2 is 1.86 bits per heavy atom. The number of phenolic OH excluding ortho intramolecular Hbond substituents is 1. The first kappa shape index (κ1) is 18.1. The van der Waals surface area contributed by atoms with Crippen molar-refractivity contribution in [2.75, 3.05) is 6.61 Å². The van der Waals surface area contributed by atoms with E-state index in [0.29, 0.717) is 10.8 Å². The molecule has 120 valence electrons. The quantitative estimate of drug-likeness (QED) is 0.844. The first-order valence-electron chi connectivity index (χ1n) is 6.40. The first-order chi connectivity index (χ1) is 9.89. The lowest BCUT2D eigenvalue weighted by Gasteiger charge is -2.23. The van der Waals surface area contributed by atoms with Gasteiger partial charge in [0.15, 0.2) is 0 Å². The van der Waals surface area contributed by atoms with E-state index in [1.807, 2.05) is 0 Å². The molecule has 0 radical (unpaired) electrons. The van der Waals surface area contributed by atoms with Gasteiger partial charge in [0.05, 0.1) is 6.61 Å². The summed E-state index contributed by atoms with van der Waals surface area (Å²) in [4.78, 5) is 11.4. The van der Waals surface area contributed by atoms with E-state index in [0.717, 1.165) is 0 Å². The van der Waals surface area contributed by atoms with E-state index in [4.69, 9.17) is 5.73 Å². The molecule has 0 saturated carbocycles. The van der Waals surface area contributed by atoms with Crippen LogP contribution in [0.4, 0.5) is 8.78 Å². The third kappa shape index (κ3) is 3.13. The molecular weight excluding hydrogens is 316 g/mol. The summed E-state index contributed by atoms with van der Waals surface area (Å²) >= 11 is 0. The van der Waals surface area contributed by atoms with Crippen molar-refractivity contribution in [2.24, 2.45) is 5.73 Å². The summed E-state index contributed by atoms with van der Waals surface area (Å²) in [5, 5.41) is 10.5. The number of phenols is 1. The maximum atomic E-state index is 14.0. The second-order valence-corrected chi connectivity index (χ2v) is 4.54. The summed E-state index contributed by atoms with van der Waals surface area (Å²) in [6.07, 6.45) is 0. The highest BCUT2D eigenvalue weighted by molar-refractivity contribution is 5.92. The smallest absolute Gasteiger partial charge is 0.379 e. The normalized spacial score (nSPS) is 12.5. The Bertz CT molecular complexity index is 679. The number of fused-ring (bicyclic) bond motifs is 1. The Kier molecular flexibility index (Phi) is 5.68. The molecule has 2 aromatic carbocycles. The summed E-state index contributed by atoms with van der Waals surface area (Å²) < 4.78 is 32.5. The molecule has 3 N–H and O–H groups in total. The average molecular weight is 332 g/mol. The van der Waals surface area contributed by atoms with E-state index in [1.54, 1.807) is 24.3 Å². The zero-order valence-corrected chi connectivity index (χ0v) is 12.6. The highest BCUT2D eigenvalue weighted by atomic mass is 35.5. The van der Waals surface area contributed by atoms with Crippen LogP contribution in [0.25, 0.3) is 10.8 Å². The average Bonchev–Trinajstić information content (AvgIpc) is 2.47. The molecule has 0 aliphatic carbocycles. The number of aromatic hydroxyl groups is 1. The fourth-order valence-corrected chi connectivity index (χ4v) is 2.13. The van der Waals surface area contributed by atoms with Crippen molar-refractivity contribution in [2.45, 2.75) is 18.9 Å². The van der Waals surface area contributed by atoms with Crippen molar-refractivity contribution in [3.05, 3.63) is 42.0 Å². The number of halogens is 3. The molecule has 0 aromatic heterocycles. The molecule has 2 rings (SSSR count). The maximum absolute atomic E-state index is 14.0. The minimum absolute atomic E-state index is 0. The van der Waals surface area contributed by atoms with Crippen molar-refractivity contribution < 1.29 is 23.4 Å².